The van der Waals surface area contributed by atoms with Crippen LogP contribution in [0.5, 0.6) is 5.75 Å². The van der Waals surface area contributed by atoms with Crippen LogP contribution in [0, 0.1) is 5.41 Å². The number of methoxy groups -OCH3 is 1. The van der Waals surface area contributed by atoms with Crippen molar-refractivity contribution in [3.8, 4) is 5.75 Å². The lowest BCUT2D eigenvalue weighted by molar-refractivity contribution is -0.144. The van der Waals surface area contributed by atoms with Crippen molar-refractivity contribution in [3.63, 3.8) is 0 Å². The minimum absolute atomic E-state index is 0.0466. The van der Waals surface area contributed by atoms with Gasteiger partial charge in [0, 0.05) is 23.7 Å². The molecule has 0 saturated heterocycles. The van der Waals surface area contributed by atoms with E-state index in [2.05, 4.69) is 24.1 Å². The van der Waals surface area contributed by atoms with E-state index < -0.39 is 32.8 Å². The largest absolute Gasteiger partial charge is 0.490 e. The molecule has 9 heteroatoms. The lowest BCUT2D eigenvalue weighted by atomic mass is 9.76. The van der Waals surface area contributed by atoms with Crippen LogP contribution >= 0.6 is 11.8 Å². The highest BCUT2D eigenvalue weighted by Gasteiger charge is 2.43. The smallest absolute Gasteiger partial charge is 0.326 e. The number of anilines is 2. The van der Waals surface area contributed by atoms with Crippen LogP contribution in [0.4, 0.5) is 11.4 Å². The third-order valence-corrected chi connectivity index (χ3v) is 13.4. The van der Waals surface area contributed by atoms with Crippen LogP contribution in [0.25, 0.3) is 0 Å². The van der Waals surface area contributed by atoms with Crippen LogP contribution in [-0.4, -0.2) is 52.7 Å². The first kappa shape index (κ1) is 39.1. The predicted molar refractivity (Wildman–Crippen MR) is 220 cm³/mol. The number of benzene rings is 5. The first-order valence-electron chi connectivity index (χ1n) is 18.6. The molecule has 1 N–H and O–H groups in total. The van der Waals surface area contributed by atoms with E-state index in [1.807, 2.05) is 134 Å². The summed E-state index contributed by atoms with van der Waals surface area (Å²) < 4.78 is 41.0. The molecule has 282 valence electrons. The van der Waals surface area contributed by atoms with Crippen molar-refractivity contribution in [2.24, 2.45) is 5.41 Å². The SMILES string of the molecule is CCCCC1(CC)CN(c2ccccc2)c2cc(SC)c(OCC(NC(c3ccccc3)(c3ccccc3)c3ccccc3)C(=O)OC)cc2S(=O)(=O)C1. The van der Waals surface area contributed by atoms with Gasteiger partial charge in [0.15, 0.2) is 9.84 Å². The minimum atomic E-state index is -3.75. The fourth-order valence-electron chi connectivity index (χ4n) is 7.70. The Hall–Kier alpha value is -4.57. The zero-order valence-corrected chi connectivity index (χ0v) is 33.2. The van der Waals surface area contributed by atoms with Crippen molar-refractivity contribution < 1.29 is 22.7 Å². The van der Waals surface area contributed by atoms with Gasteiger partial charge in [0.05, 0.1) is 33.9 Å². The number of para-hydroxylation sites is 1. The van der Waals surface area contributed by atoms with Gasteiger partial charge in [-0.2, -0.15) is 0 Å². The molecule has 0 aromatic heterocycles. The van der Waals surface area contributed by atoms with Crippen molar-refractivity contribution in [2.75, 3.05) is 37.2 Å². The maximum Gasteiger partial charge on any atom is 0.326 e. The van der Waals surface area contributed by atoms with Crippen molar-refractivity contribution in [1.82, 2.24) is 5.32 Å². The van der Waals surface area contributed by atoms with Gasteiger partial charge in [-0.05, 0) is 54.0 Å². The van der Waals surface area contributed by atoms with Crippen molar-refractivity contribution in [3.05, 3.63) is 150 Å². The molecule has 0 amide bonds. The van der Waals surface area contributed by atoms with Crippen molar-refractivity contribution >= 4 is 38.9 Å². The van der Waals surface area contributed by atoms with Crippen LogP contribution in [0.2, 0.25) is 0 Å². The van der Waals surface area contributed by atoms with Crippen LogP contribution in [-0.2, 0) is 24.9 Å². The summed E-state index contributed by atoms with van der Waals surface area (Å²) in [4.78, 5) is 16.9. The van der Waals surface area contributed by atoms with E-state index >= 15 is 0 Å². The monoisotopic (exact) mass is 762 g/mol. The molecule has 1 aliphatic rings. The summed E-state index contributed by atoms with van der Waals surface area (Å²) in [6.45, 7) is 4.72. The molecule has 1 heterocycles. The second kappa shape index (κ2) is 17.3. The van der Waals surface area contributed by atoms with E-state index in [1.54, 1.807) is 6.07 Å². The zero-order valence-electron chi connectivity index (χ0n) is 31.5. The Morgan fingerprint density at radius 3 is 1.87 bits per heavy atom. The summed E-state index contributed by atoms with van der Waals surface area (Å²) in [5.41, 5.74) is 2.98. The molecule has 0 saturated carbocycles. The molecule has 5 aromatic rings. The number of esters is 1. The van der Waals surface area contributed by atoms with Gasteiger partial charge in [-0.25, -0.2) is 8.42 Å². The lowest BCUT2D eigenvalue weighted by Gasteiger charge is -2.39. The van der Waals surface area contributed by atoms with Crippen molar-refractivity contribution in [1.29, 1.82) is 0 Å². The minimum Gasteiger partial charge on any atom is -0.490 e. The summed E-state index contributed by atoms with van der Waals surface area (Å²) >= 11 is 1.48. The molecule has 54 heavy (non-hydrogen) atoms. The average molecular weight is 763 g/mol. The van der Waals surface area contributed by atoms with E-state index in [0.717, 1.165) is 53.0 Å². The first-order chi connectivity index (χ1) is 26.2. The van der Waals surface area contributed by atoms with Gasteiger partial charge in [0.1, 0.15) is 18.4 Å². The number of hydrogen-bond donors (Lipinski definition) is 1. The summed E-state index contributed by atoms with van der Waals surface area (Å²) in [5, 5.41) is 3.70. The maximum atomic E-state index is 14.5. The molecule has 0 fully saturated rings. The molecule has 7 nitrogen and oxygen atoms in total. The normalized spacial score (nSPS) is 17.2. The maximum absolute atomic E-state index is 14.5. The first-order valence-corrected chi connectivity index (χ1v) is 21.5. The molecule has 0 bridgehead atoms. The van der Waals surface area contributed by atoms with Crippen LogP contribution < -0.4 is 15.0 Å². The number of unbranched alkanes of at least 4 members (excludes halogenated alkanes) is 1. The number of sulfone groups is 1. The van der Waals surface area contributed by atoms with Gasteiger partial charge in [-0.3, -0.25) is 10.1 Å². The molecule has 5 aromatic carbocycles. The van der Waals surface area contributed by atoms with Gasteiger partial charge >= 0.3 is 5.97 Å². The summed E-state index contributed by atoms with van der Waals surface area (Å²) in [6, 6.07) is 42.7. The number of hydrogen-bond acceptors (Lipinski definition) is 8. The number of rotatable bonds is 15. The molecule has 0 radical (unpaired) electrons. The number of nitrogens with zero attached hydrogens (tertiary/aromatic N) is 1. The number of fused-ring (bicyclic) bond motifs is 1. The van der Waals surface area contributed by atoms with E-state index in [-0.39, 0.29) is 17.3 Å². The van der Waals surface area contributed by atoms with Gasteiger partial charge in [-0.1, -0.05) is 136 Å². The topological polar surface area (TPSA) is 84.9 Å². The highest BCUT2D eigenvalue weighted by molar-refractivity contribution is 7.98. The third-order valence-electron chi connectivity index (χ3n) is 10.6. The fraction of sp³-hybridized carbons (Fsp3) is 0.311. The van der Waals surface area contributed by atoms with Crippen LogP contribution in [0.15, 0.2) is 143 Å². The Morgan fingerprint density at radius 2 is 1.39 bits per heavy atom. The quantitative estimate of drug-likeness (QED) is 0.0642. The summed E-state index contributed by atoms with van der Waals surface area (Å²) in [5.74, 6) is -0.0599. The zero-order chi connectivity index (χ0) is 38.2. The average Bonchev–Trinajstić information content (AvgIpc) is 3.32. The molecule has 2 atom stereocenters. The standard InChI is InChI=1S/C45H50N2O5S2/c1-5-7-28-44(6-2)32-47(37-26-18-11-19-27-37)39-29-41(53-4)40(30-42(39)54(49,50)33-44)52-31-38(43(48)51-3)46-45(34-20-12-8-13-21-34,35-22-14-9-15-23-35)36-24-16-10-17-25-36/h8-27,29-30,38,46H,5-7,28,31-33H2,1-4H3. The number of carbonyl (C=O) groups excluding carboxylic acids is 1. The molecular formula is C45H50N2O5S2. The molecule has 0 aliphatic carbocycles. The fourth-order valence-corrected chi connectivity index (χ4v) is 10.4. The van der Waals surface area contributed by atoms with Gasteiger partial charge < -0.3 is 14.4 Å². The highest BCUT2D eigenvalue weighted by atomic mass is 32.2. The van der Waals surface area contributed by atoms with Crippen LogP contribution in [0.3, 0.4) is 0 Å². The van der Waals surface area contributed by atoms with Gasteiger partial charge in [-0.15, -0.1) is 11.8 Å². The van der Waals surface area contributed by atoms with E-state index in [0.29, 0.717) is 18.0 Å². The predicted octanol–water partition coefficient (Wildman–Crippen LogP) is 9.42. The Labute approximate surface area is 325 Å². The van der Waals surface area contributed by atoms with Gasteiger partial charge in [0.25, 0.3) is 0 Å². The highest BCUT2D eigenvalue weighted by Crippen LogP contribution is 2.47. The molecule has 2 unspecified atom stereocenters. The summed E-state index contributed by atoms with van der Waals surface area (Å²) in [6.07, 6.45) is 5.44. The molecule has 1 aliphatic heterocycles. The molecule has 0 spiro atoms. The van der Waals surface area contributed by atoms with Crippen molar-refractivity contribution in [2.45, 2.75) is 60.9 Å². The molecular weight excluding hydrogens is 713 g/mol. The Morgan fingerprint density at radius 1 is 0.852 bits per heavy atom. The number of ether oxygens (including phenoxy) is 2. The molecule has 6 rings (SSSR count). The third kappa shape index (κ3) is 8.09. The number of nitrogens with one attached hydrogen (secondary N) is 1. The Balaban J connectivity index is 1.44. The van der Waals surface area contributed by atoms with E-state index in [4.69, 9.17) is 9.47 Å². The number of thioether (sulfide) groups is 1. The Kier molecular flexibility index (Phi) is 12.5. The van der Waals surface area contributed by atoms with E-state index in [1.165, 1.54) is 18.9 Å². The summed E-state index contributed by atoms with van der Waals surface area (Å²) in [7, 11) is -2.39. The van der Waals surface area contributed by atoms with Gasteiger partial charge in [0.2, 0.25) is 0 Å². The lowest BCUT2D eigenvalue weighted by Crippen LogP contribution is -2.55. The Bertz CT molecular complexity index is 2000. The number of carbonyl (C=O) groups is 1. The van der Waals surface area contributed by atoms with Crippen LogP contribution in [0.1, 0.15) is 56.2 Å². The second-order valence-corrected chi connectivity index (χ2v) is 16.8. The second-order valence-electron chi connectivity index (χ2n) is 14.0. The van der Waals surface area contributed by atoms with E-state index in [9.17, 15) is 13.2 Å².